The molecule has 2 aliphatic heterocycles. The van der Waals surface area contributed by atoms with Crippen molar-refractivity contribution in [1.29, 1.82) is 5.26 Å². The summed E-state index contributed by atoms with van der Waals surface area (Å²) in [5.41, 5.74) is 1.36. The standard InChI is InChI=1S/C21H20F2N8O/c22-14-5-15(23)7-18(6-14)31-13-25-21(28-31)27-20-9-17(8-16(10-24)26-20)29-1-3-30(4-2-29)19-11-32-12-19/h5-9,13,19H,1-4,11-12H2,(H,26,27,28). The van der Waals surface area contributed by atoms with Crippen LogP contribution >= 0.6 is 0 Å². The molecular weight excluding hydrogens is 418 g/mol. The zero-order valence-corrected chi connectivity index (χ0v) is 17.1. The summed E-state index contributed by atoms with van der Waals surface area (Å²) >= 11 is 0. The maximum atomic E-state index is 13.5. The van der Waals surface area contributed by atoms with Gasteiger partial charge in [0.25, 0.3) is 0 Å². The molecule has 0 bridgehead atoms. The quantitative estimate of drug-likeness (QED) is 0.647. The Bertz CT molecular complexity index is 1140. The maximum Gasteiger partial charge on any atom is 0.248 e. The van der Waals surface area contributed by atoms with Crippen molar-refractivity contribution in [3.8, 4) is 11.8 Å². The molecule has 0 aliphatic carbocycles. The molecule has 0 saturated carbocycles. The van der Waals surface area contributed by atoms with Crippen LogP contribution in [0, 0.1) is 23.0 Å². The summed E-state index contributed by atoms with van der Waals surface area (Å²) in [6, 6.07) is 9.30. The first-order chi connectivity index (χ1) is 15.6. The van der Waals surface area contributed by atoms with Gasteiger partial charge >= 0.3 is 0 Å². The van der Waals surface area contributed by atoms with Crippen LogP contribution in [0.3, 0.4) is 0 Å². The molecule has 2 fully saturated rings. The number of aromatic nitrogens is 4. The third-order valence-corrected chi connectivity index (χ3v) is 5.58. The fourth-order valence-corrected chi connectivity index (χ4v) is 3.83. The van der Waals surface area contributed by atoms with Crippen LogP contribution in [0.4, 0.5) is 26.2 Å². The van der Waals surface area contributed by atoms with Crippen LogP contribution in [0.25, 0.3) is 5.69 Å². The van der Waals surface area contributed by atoms with E-state index in [-0.39, 0.29) is 17.3 Å². The summed E-state index contributed by atoms with van der Waals surface area (Å²) < 4.78 is 33.5. The molecule has 0 unspecified atom stereocenters. The Morgan fingerprint density at radius 3 is 2.41 bits per heavy atom. The third kappa shape index (κ3) is 4.23. The molecule has 0 atom stereocenters. The summed E-state index contributed by atoms with van der Waals surface area (Å²) in [5.74, 6) is -0.805. The zero-order valence-electron chi connectivity index (χ0n) is 17.1. The molecule has 3 aromatic rings. The minimum Gasteiger partial charge on any atom is -0.378 e. The van der Waals surface area contributed by atoms with Crippen molar-refractivity contribution in [3.05, 3.63) is 54.0 Å². The Labute approximate surface area is 182 Å². The summed E-state index contributed by atoms with van der Waals surface area (Å²) in [7, 11) is 0. The lowest BCUT2D eigenvalue weighted by Crippen LogP contribution is -2.56. The topological polar surface area (TPSA) is 95.1 Å². The lowest BCUT2D eigenvalue weighted by molar-refractivity contribution is -0.0660. The van der Waals surface area contributed by atoms with E-state index >= 15 is 0 Å². The molecular formula is C21H20F2N8O. The molecule has 1 N–H and O–H groups in total. The smallest absolute Gasteiger partial charge is 0.248 e. The second-order valence-electron chi connectivity index (χ2n) is 7.69. The van der Waals surface area contributed by atoms with Crippen molar-refractivity contribution in [2.45, 2.75) is 6.04 Å². The van der Waals surface area contributed by atoms with Gasteiger partial charge in [0.1, 0.15) is 35.5 Å². The van der Waals surface area contributed by atoms with Crippen LogP contribution in [0.2, 0.25) is 0 Å². The highest BCUT2D eigenvalue weighted by Gasteiger charge is 2.29. The lowest BCUT2D eigenvalue weighted by atomic mass is 10.1. The normalized spacial score (nSPS) is 17.1. The minimum atomic E-state index is -0.706. The predicted molar refractivity (Wildman–Crippen MR) is 112 cm³/mol. The van der Waals surface area contributed by atoms with Gasteiger partial charge in [-0.1, -0.05) is 0 Å². The van der Waals surface area contributed by atoms with Gasteiger partial charge in [-0.25, -0.2) is 18.4 Å². The average molecular weight is 438 g/mol. The highest BCUT2D eigenvalue weighted by Crippen LogP contribution is 2.24. The molecule has 5 rings (SSSR count). The third-order valence-electron chi connectivity index (χ3n) is 5.58. The SMILES string of the molecule is N#Cc1cc(N2CCN(C3COC3)CC2)cc(Nc2ncn(-c3cc(F)cc(F)c3)n2)n1. The number of piperazine rings is 1. The number of hydrogen-bond acceptors (Lipinski definition) is 8. The Morgan fingerprint density at radius 1 is 1.00 bits per heavy atom. The number of rotatable bonds is 5. The Balaban J connectivity index is 1.32. The van der Waals surface area contributed by atoms with E-state index in [1.807, 2.05) is 6.07 Å². The van der Waals surface area contributed by atoms with Crippen molar-refractivity contribution in [1.82, 2.24) is 24.6 Å². The number of halogens is 2. The fraction of sp³-hybridized carbons (Fsp3) is 0.333. The van der Waals surface area contributed by atoms with Crippen LogP contribution < -0.4 is 10.2 Å². The van der Waals surface area contributed by atoms with Crippen molar-refractivity contribution in [2.75, 3.05) is 49.6 Å². The molecule has 0 spiro atoms. The summed E-state index contributed by atoms with van der Waals surface area (Å²) in [4.78, 5) is 13.1. The Morgan fingerprint density at radius 2 is 1.75 bits per heavy atom. The molecule has 4 heterocycles. The molecule has 2 saturated heterocycles. The van der Waals surface area contributed by atoms with Gasteiger partial charge in [-0.15, -0.1) is 5.10 Å². The molecule has 11 heteroatoms. The Hall–Kier alpha value is -3.62. The van der Waals surface area contributed by atoms with Crippen molar-refractivity contribution < 1.29 is 13.5 Å². The number of pyridine rings is 1. The number of hydrogen-bond donors (Lipinski definition) is 1. The van der Waals surface area contributed by atoms with Gasteiger partial charge in [0, 0.05) is 44.0 Å². The second kappa shape index (κ2) is 8.49. The monoisotopic (exact) mass is 438 g/mol. The molecule has 32 heavy (non-hydrogen) atoms. The average Bonchev–Trinajstić information content (AvgIpc) is 3.20. The fourth-order valence-electron chi connectivity index (χ4n) is 3.83. The van der Waals surface area contributed by atoms with Gasteiger partial charge in [-0.3, -0.25) is 4.90 Å². The summed E-state index contributed by atoms with van der Waals surface area (Å²) in [6.45, 7) is 5.12. The van der Waals surface area contributed by atoms with Gasteiger partial charge in [0.15, 0.2) is 0 Å². The van der Waals surface area contributed by atoms with E-state index in [0.29, 0.717) is 11.9 Å². The van der Waals surface area contributed by atoms with Crippen LogP contribution in [0.5, 0.6) is 0 Å². The van der Waals surface area contributed by atoms with Gasteiger partial charge < -0.3 is 15.0 Å². The molecule has 9 nitrogen and oxygen atoms in total. The minimum absolute atomic E-state index is 0.193. The predicted octanol–water partition coefficient (Wildman–Crippen LogP) is 2.08. The number of nitrogens with zero attached hydrogens (tertiary/aromatic N) is 7. The Kier molecular flexibility index (Phi) is 5.38. The molecule has 0 radical (unpaired) electrons. The molecule has 2 aliphatic rings. The van der Waals surface area contributed by atoms with Gasteiger partial charge in [0.2, 0.25) is 5.95 Å². The number of nitrogens with one attached hydrogen (secondary N) is 1. The van der Waals surface area contributed by atoms with Crippen molar-refractivity contribution in [2.24, 2.45) is 0 Å². The van der Waals surface area contributed by atoms with E-state index in [1.165, 1.54) is 11.0 Å². The van der Waals surface area contributed by atoms with Crippen molar-refractivity contribution >= 4 is 17.5 Å². The highest BCUT2D eigenvalue weighted by atomic mass is 19.1. The number of nitriles is 1. The van der Waals surface area contributed by atoms with Crippen LogP contribution in [0.1, 0.15) is 5.69 Å². The van der Waals surface area contributed by atoms with E-state index in [2.05, 4.69) is 36.3 Å². The largest absolute Gasteiger partial charge is 0.378 e. The first-order valence-electron chi connectivity index (χ1n) is 10.2. The summed E-state index contributed by atoms with van der Waals surface area (Å²) in [6.07, 6.45) is 1.34. The zero-order chi connectivity index (χ0) is 22.1. The second-order valence-corrected chi connectivity index (χ2v) is 7.69. The van der Waals surface area contributed by atoms with E-state index < -0.39 is 11.6 Å². The number of anilines is 3. The van der Waals surface area contributed by atoms with Crippen LogP contribution in [-0.2, 0) is 4.74 Å². The first-order valence-corrected chi connectivity index (χ1v) is 10.2. The van der Waals surface area contributed by atoms with Crippen LogP contribution in [0.15, 0.2) is 36.7 Å². The number of ether oxygens (including phenoxy) is 1. The first kappa shape index (κ1) is 20.3. The maximum absolute atomic E-state index is 13.5. The van der Waals surface area contributed by atoms with E-state index in [4.69, 9.17) is 4.74 Å². The lowest BCUT2D eigenvalue weighted by Gasteiger charge is -2.43. The molecule has 2 aromatic heterocycles. The molecule has 1 aromatic carbocycles. The van der Waals surface area contributed by atoms with Crippen molar-refractivity contribution in [3.63, 3.8) is 0 Å². The van der Waals surface area contributed by atoms with Gasteiger partial charge in [-0.2, -0.15) is 10.2 Å². The van der Waals surface area contributed by atoms with Gasteiger partial charge in [0.05, 0.1) is 24.9 Å². The summed E-state index contributed by atoms with van der Waals surface area (Å²) in [5, 5.41) is 16.6. The van der Waals surface area contributed by atoms with E-state index in [1.54, 1.807) is 6.07 Å². The highest BCUT2D eigenvalue weighted by molar-refractivity contribution is 5.60. The van der Waals surface area contributed by atoms with Crippen LogP contribution in [-0.4, -0.2) is 70.1 Å². The van der Waals surface area contributed by atoms with E-state index in [0.717, 1.165) is 63.3 Å². The van der Waals surface area contributed by atoms with Gasteiger partial charge in [-0.05, 0) is 18.2 Å². The molecule has 164 valence electrons. The number of benzene rings is 1. The molecule has 0 amide bonds. The van der Waals surface area contributed by atoms with E-state index in [9.17, 15) is 14.0 Å².